The van der Waals surface area contributed by atoms with Gasteiger partial charge >= 0.3 is 0 Å². The van der Waals surface area contributed by atoms with E-state index in [0.717, 1.165) is 24.1 Å². The summed E-state index contributed by atoms with van der Waals surface area (Å²) in [5.41, 5.74) is 0.735. The van der Waals surface area contributed by atoms with Crippen molar-refractivity contribution in [2.45, 2.75) is 48.2 Å². The number of rotatable bonds is 7. The minimum atomic E-state index is -3.73. The quantitative estimate of drug-likeness (QED) is 0.597. The van der Waals surface area contributed by atoms with Crippen molar-refractivity contribution in [1.29, 1.82) is 0 Å². The molecule has 0 aliphatic carbocycles. The molecule has 0 aromatic heterocycles. The Kier molecular flexibility index (Phi) is 6.84. The standard InChI is InChI=1S/C21H26FNO5S2/c1-3-14-28-21-9-8-20(15-16(21)2)30(26,27)23-12-10-19(11-13-23)29(24,25)18-6-4-17(22)5-7-18/h4-9,15,19H,3,10-14H2,1-2H3. The van der Waals surface area contributed by atoms with Crippen LogP contribution in [0.1, 0.15) is 31.7 Å². The van der Waals surface area contributed by atoms with E-state index in [0.29, 0.717) is 12.4 Å². The molecule has 2 aromatic carbocycles. The molecule has 9 heteroatoms. The van der Waals surface area contributed by atoms with Crippen LogP contribution in [0.4, 0.5) is 4.39 Å². The largest absolute Gasteiger partial charge is 0.493 e. The maximum absolute atomic E-state index is 13.1. The first-order chi connectivity index (χ1) is 14.2. The third-order valence-corrected chi connectivity index (χ3v) is 9.40. The van der Waals surface area contributed by atoms with Crippen molar-refractivity contribution in [2.75, 3.05) is 19.7 Å². The van der Waals surface area contributed by atoms with Crippen LogP contribution in [0.5, 0.6) is 5.75 Å². The summed E-state index contributed by atoms with van der Waals surface area (Å²) in [5.74, 6) is 0.149. The highest BCUT2D eigenvalue weighted by Gasteiger charge is 2.35. The Morgan fingerprint density at radius 3 is 2.17 bits per heavy atom. The van der Waals surface area contributed by atoms with Crippen LogP contribution in [0.2, 0.25) is 0 Å². The van der Waals surface area contributed by atoms with Crippen molar-refractivity contribution >= 4 is 19.9 Å². The van der Waals surface area contributed by atoms with Crippen LogP contribution in [-0.4, -0.2) is 46.1 Å². The van der Waals surface area contributed by atoms with Crippen molar-refractivity contribution in [2.24, 2.45) is 0 Å². The zero-order chi connectivity index (χ0) is 21.9. The molecule has 0 atom stereocenters. The SMILES string of the molecule is CCCOc1ccc(S(=O)(=O)N2CCC(S(=O)(=O)c3ccc(F)cc3)CC2)cc1C. The summed E-state index contributed by atoms with van der Waals surface area (Å²) in [6, 6.07) is 9.49. The van der Waals surface area contributed by atoms with Crippen LogP contribution >= 0.6 is 0 Å². The lowest BCUT2D eigenvalue weighted by atomic mass is 10.2. The molecule has 1 fully saturated rings. The molecular weight excluding hydrogens is 429 g/mol. The molecule has 0 radical (unpaired) electrons. The van der Waals surface area contributed by atoms with Crippen molar-refractivity contribution < 1.29 is 26.0 Å². The number of sulfonamides is 1. The van der Waals surface area contributed by atoms with E-state index >= 15 is 0 Å². The predicted octanol–water partition coefficient (Wildman–Crippen LogP) is 3.55. The number of aryl methyl sites for hydroxylation is 1. The van der Waals surface area contributed by atoms with Crippen molar-refractivity contribution in [3.8, 4) is 5.75 Å². The molecule has 0 unspecified atom stereocenters. The molecule has 0 amide bonds. The molecule has 2 aromatic rings. The van der Waals surface area contributed by atoms with Gasteiger partial charge in [-0.25, -0.2) is 21.2 Å². The molecule has 0 spiro atoms. The first kappa shape index (κ1) is 22.7. The predicted molar refractivity (Wildman–Crippen MR) is 112 cm³/mol. The zero-order valence-corrected chi connectivity index (χ0v) is 18.7. The number of halogens is 1. The lowest BCUT2D eigenvalue weighted by Crippen LogP contribution is -2.42. The van der Waals surface area contributed by atoms with Gasteiger partial charge in [-0.1, -0.05) is 6.92 Å². The second-order valence-corrected chi connectivity index (χ2v) is 11.5. The zero-order valence-electron chi connectivity index (χ0n) is 17.0. The molecule has 1 saturated heterocycles. The summed E-state index contributed by atoms with van der Waals surface area (Å²) in [5, 5.41) is -0.694. The maximum atomic E-state index is 13.1. The summed E-state index contributed by atoms with van der Waals surface area (Å²) in [6.07, 6.45) is 1.24. The lowest BCUT2D eigenvalue weighted by molar-refractivity contribution is 0.315. The maximum Gasteiger partial charge on any atom is 0.243 e. The molecule has 0 N–H and O–H groups in total. The number of hydrogen-bond acceptors (Lipinski definition) is 5. The molecule has 1 aliphatic heterocycles. The van der Waals surface area contributed by atoms with Crippen molar-refractivity contribution in [1.82, 2.24) is 4.31 Å². The van der Waals surface area contributed by atoms with Crippen molar-refractivity contribution in [3.63, 3.8) is 0 Å². The average molecular weight is 456 g/mol. The molecule has 0 bridgehead atoms. The fourth-order valence-corrected chi connectivity index (χ4v) is 6.79. The Hall–Kier alpha value is -1.97. The molecule has 0 saturated carbocycles. The molecule has 164 valence electrons. The second kappa shape index (κ2) is 9.03. The highest BCUT2D eigenvalue weighted by atomic mass is 32.2. The van der Waals surface area contributed by atoms with Gasteiger partial charge in [-0.3, -0.25) is 0 Å². The molecule has 30 heavy (non-hydrogen) atoms. The number of benzene rings is 2. The van der Waals surface area contributed by atoms with Gasteiger partial charge < -0.3 is 4.74 Å². The van der Waals surface area contributed by atoms with Gasteiger partial charge in [0, 0.05) is 13.1 Å². The van der Waals surface area contributed by atoms with E-state index in [1.165, 1.54) is 22.5 Å². The second-order valence-electron chi connectivity index (χ2n) is 7.38. The number of hydrogen-bond donors (Lipinski definition) is 0. The van der Waals surface area contributed by atoms with Crippen LogP contribution in [0.25, 0.3) is 0 Å². The molecule has 3 rings (SSSR count). The third kappa shape index (κ3) is 4.68. The monoisotopic (exact) mass is 455 g/mol. The molecule has 6 nitrogen and oxygen atoms in total. The fourth-order valence-electron chi connectivity index (χ4n) is 3.50. The van der Waals surface area contributed by atoms with Crippen LogP contribution < -0.4 is 4.74 Å². The lowest BCUT2D eigenvalue weighted by Gasteiger charge is -2.31. The summed E-state index contributed by atoms with van der Waals surface area (Å²) in [6.45, 7) is 4.57. The van der Waals surface area contributed by atoms with Gasteiger partial charge in [0.05, 0.1) is 21.6 Å². The molecular formula is C21H26FNO5S2. The van der Waals surface area contributed by atoms with E-state index in [4.69, 9.17) is 4.74 Å². The first-order valence-electron chi connectivity index (χ1n) is 9.89. The van der Waals surface area contributed by atoms with Gasteiger partial charge in [0.15, 0.2) is 9.84 Å². The van der Waals surface area contributed by atoms with Crippen LogP contribution in [0.15, 0.2) is 52.3 Å². The van der Waals surface area contributed by atoms with Crippen LogP contribution in [0.3, 0.4) is 0 Å². The summed E-state index contributed by atoms with van der Waals surface area (Å²) in [4.78, 5) is 0.229. The highest BCUT2D eigenvalue weighted by Crippen LogP contribution is 2.29. The average Bonchev–Trinajstić information content (AvgIpc) is 2.73. The Morgan fingerprint density at radius 2 is 1.60 bits per heavy atom. The highest BCUT2D eigenvalue weighted by molar-refractivity contribution is 7.92. The summed E-state index contributed by atoms with van der Waals surface area (Å²) < 4.78 is 71.6. The third-order valence-electron chi connectivity index (χ3n) is 5.23. The smallest absolute Gasteiger partial charge is 0.243 e. The Balaban J connectivity index is 1.72. The molecule has 1 heterocycles. The van der Waals surface area contributed by atoms with Gasteiger partial charge in [-0.05, 0) is 74.2 Å². The van der Waals surface area contributed by atoms with E-state index in [1.807, 2.05) is 6.92 Å². The number of nitrogens with zero attached hydrogens (tertiary/aromatic N) is 1. The van der Waals surface area contributed by atoms with Gasteiger partial charge in [0.2, 0.25) is 10.0 Å². The normalized spacial score (nSPS) is 16.5. The molecule has 1 aliphatic rings. The minimum Gasteiger partial charge on any atom is -0.493 e. The van der Waals surface area contributed by atoms with E-state index in [2.05, 4.69) is 0 Å². The van der Waals surface area contributed by atoms with Crippen molar-refractivity contribution in [3.05, 3.63) is 53.8 Å². The van der Waals surface area contributed by atoms with E-state index in [9.17, 15) is 21.2 Å². The van der Waals surface area contributed by atoms with Crippen LogP contribution in [-0.2, 0) is 19.9 Å². The Bertz CT molecular complexity index is 1090. The number of ether oxygens (including phenoxy) is 1. The Labute approximate surface area is 177 Å². The van der Waals surface area contributed by atoms with Gasteiger partial charge in [0.1, 0.15) is 11.6 Å². The van der Waals surface area contributed by atoms with E-state index in [1.54, 1.807) is 19.1 Å². The van der Waals surface area contributed by atoms with E-state index < -0.39 is 30.9 Å². The summed E-state index contributed by atoms with van der Waals surface area (Å²) in [7, 11) is -7.37. The summed E-state index contributed by atoms with van der Waals surface area (Å²) >= 11 is 0. The minimum absolute atomic E-state index is 0.0588. The fraction of sp³-hybridized carbons (Fsp3) is 0.429. The topological polar surface area (TPSA) is 80.8 Å². The number of piperidine rings is 1. The first-order valence-corrected chi connectivity index (χ1v) is 12.9. The van der Waals surface area contributed by atoms with E-state index in [-0.39, 0.29) is 35.7 Å². The van der Waals surface area contributed by atoms with Gasteiger partial charge in [-0.15, -0.1) is 0 Å². The Morgan fingerprint density at radius 1 is 1.00 bits per heavy atom. The van der Waals surface area contributed by atoms with Gasteiger partial charge in [-0.2, -0.15) is 4.31 Å². The van der Waals surface area contributed by atoms with Crippen LogP contribution in [0, 0.1) is 12.7 Å². The van der Waals surface area contributed by atoms with Gasteiger partial charge in [0.25, 0.3) is 0 Å². The number of sulfone groups is 1.